The fraction of sp³-hybridized carbons (Fsp3) is 0.391. The van der Waals surface area contributed by atoms with E-state index in [0.29, 0.717) is 12.3 Å². The Balaban J connectivity index is 1.37. The molecule has 1 aliphatic rings. The van der Waals surface area contributed by atoms with E-state index in [1.54, 1.807) is 0 Å². The minimum Gasteiger partial charge on any atom is -0.347 e. The average molecular weight is 364 g/mol. The van der Waals surface area contributed by atoms with Crippen molar-refractivity contribution in [3.8, 4) is 0 Å². The molecular weight excluding hydrogens is 336 g/mol. The van der Waals surface area contributed by atoms with Crippen LogP contribution in [0.4, 0.5) is 0 Å². The van der Waals surface area contributed by atoms with Crippen molar-refractivity contribution in [2.24, 2.45) is 5.92 Å². The molecule has 0 bridgehead atoms. The van der Waals surface area contributed by atoms with Gasteiger partial charge in [0.05, 0.1) is 13.0 Å². The Hall–Kier alpha value is -2.62. The molecule has 1 fully saturated rings. The van der Waals surface area contributed by atoms with Crippen molar-refractivity contribution in [3.63, 3.8) is 0 Å². The molecule has 1 N–H and O–H groups in total. The zero-order chi connectivity index (χ0) is 19.1. The van der Waals surface area contributed by atoms with Crippen molar-refractivity contribution in [3.05, 3.63) is 71.3 Å². The first-order valence-electron chi connectivity index (χ1n) is 9.74. The largest absolute Gasteiger partial charge is 0.347 e. The highest BCUT2D eigenvalue weighted by atomic mass is 16.2. The molecule has 1 saturated heterocycles. The summed E-state index contributed by atoms with van der Waals surface area (Å²) in [5, 5.41) is 2.76. The molecule has 27 heavy (non-hydrogen) atoms. The van der Waals surface area contributed by atoms with Gasteiger partial charge in [-0.15, -0.1) is 0 Å². The van der Waals surface area contributed by atoms with E-state index in [4.69, 9.17) is 0 Å². The van der Waals surface area contributed by atoms with Gasteiger partial charge in [-0.05, 0) is 43.2 Å². The number of hydrogen-bond donors (Lipinski definition) is 1. The number of hydrogen-bond acceptors (Lipinski definition) is 2. The molecule has 2 amide bonds. The van der Waals surface area contributed by atoms with Gasteiger partial charge in [-0.1, -0.05) is 60.2 Å². The molecule has 0 aromatic heterocycles. The topological polar surface area (TPSA) is 49.4 Å². The van der Waals surface area contributed by atoms with E-state index in [1.165, 1.54) is 11.1 Å². The van der Waals surface area contributed by atoms with Crippen molar-refractivity contribution in [2.75, 3.05) is 19.6 Å². The van der Waals surface area contributed by atoms with Crippen LogP contribution in [0, 0.1) is 12.8 Å². The molecule has 0 atom stereocenters. The first-order valence-corrected chi connectivity index (χ1v) is 9.74. The molecule has 2 aromatic carbocycles. The predicted octanol–water partition coefficient (Wildman–Crippen LogP) is 3.14. The lowest BCUT2D eigenvalue weighted by Gasteiger charge is -2.32. The van der Waals surface area contributed by atoms with Gasteiger partial charge in [0.15, 0.2) is 0 Å². The highest BCUT2D eigenvalue weighted by Crippen LogP contribution is 2.21. The lowest BCUT2D eigenvalue weighted by Crippen LogP contribution is -2.44. The summed E-state index contributed by atoms with van der Waals surface area (Å²) in [6.07, 6.45) is 3.44. The van der Waals surface area contributed by atoms with Gasteiger partial charge < -0.3 is 10.2 Å². The monoisotopic (exact) mass is 364 g/mol. The summed E-state index contributed by atoms with van der Waals surface area (Å²) in [5.74, 6) is 0.546. The summed E-state index contributed by atoms with van der Waals surface area (Å²) in [5.41, 5.74) is 3.50. The van der Waals surface area contributed by atoms with Gasteiger partial charge in [0, 0.05) is 13.1 Å². The molecule has 1 aliphatic heterocycles. The van der Waals surface area contributed by atoms with E-state index < -0.39 is 0 Å². The summed E-state index contributed by atoms with van der Waals surface area (Å²) in [6.45, 7) is 3.67. The third kappa shape index (κ3) is 5.95. The minimum atomic E-state index is -0.105. The van der Waals surface area contributed by atoms with Crippen LogP contribution in [0.25, 0.3) is 0 Å². The standard InChI is InChI=1S/C23H28N2O2/c1-18-7-9-20(10-8-18)16-22(26)24-17-23(27)25-13-11-21(12-14-25)15-19-5-3-2-4-6-19/h2-10,21H,11-17H2,1H3,(H,24,26). The number of nitrogens with one attached hydrogen (secondary N) is 1. The smallest absolute Gasteiger partial charge is 0.241 e. The lowest BCUT2D eigenvalue weighted by atomic mass is 9.90. The summed E-state index contributed by atoms with van der Waals surface area (Å²) >= 11 is 0. The Bertz CT molecular complexity index is 748. The first kappa shape index (κ1) is 19.2. The van der Waals surface area contributed by atoms with Crippen molar-refractivity contribution in [1.29, 1.82) is 0 Å². The third-order valence-corrected chi connectivity index (χ3v) is 5.26. The highest BCUT2D eigenvalue weighted by molar-refractivity contribution is 5.85. The number of nitrogens with zero attached hydrogens (tertiary/aromatic N) is 1. The van der Waals surface area contributed by atoms with Gasteiger partial charge in [-0.3, -0.25) is 9.59 Å². The van der Waals surface area contributed by atoms with Crippen LogP contribution in [-0.2, 0) is 22.4 Å². The van der Waals surface area contributed by atoms with Crippen LogP contribution < -0.4 is 5.32 Å². The molecule has 4 heteroatoms. The van der Waals surface area contributed by atoms with Crippen LogP contribution in [0.5, 0.6) is 0 Å². The number of amides is 2. The molecule has 3 rings (SSSR count). The fourth-order valence-corrected chi connectivity index (χ4v) is 3.57. The Kier molecular flexibility index (Phi) is 6.64. The zero-order valence-electron chi connectivity index (χ0n) is 16.0. The second-order valence-electron chi connectivity index (χ2n) is 7.45. The SMILES string of the molecule is Cc1ccc(CC(=O)NCC(=O)N2CCC(Cc3ccccc3)CC2)cc1. The summed E-state index contributed by atoms with van der Waals surface area (Å²) in [7, 11) is 0. The molecule has 0 saturated carbocycles. The molecule has 0 aliphatic carbocycles. The van der Waals surface area contributed by atoms with Crippen LogP contribution >= 0.6 is 0 Å². The Morgan fingerprint density at radius 3 is 2.30 bits per heavy atom. The average Bonchev–Trinajstić information content (AvgIpc) is 2.69. The molecule has 1 heterocycles. The molecule has 2 aromatic rings. The minimum absolute atomic E-state index is 0.0189. The van der Waals surface area contributed by atoms with Gasteiger partial charge >= 0.3 is 0 Å². The maximum absolute atomic E-state index is 12.4. The molecule has 142 valence electrons. The van der Waals surface area contributed by atoms with Crippen LogP contribution in [-0.4, -0.2) is 36.3 Å². The highest BCUT2D eigenvalue weighted by Gasteiger charge is 2.23. The summed E-state index contributed by atoms with van der Waals surface area (Å²) < 4.78 is 0. The molecule has 0 unspecified atom stereocenters. The molecule has 0 spiro atoms. The Labute approximate surface area is 161 Å². The predicted molar refractivity (Wildman–Crippen MR) is 107 cm³/mol. The van der Waals surface area contributed by atoms with Crippen molar-refractivity contribution in [1.82, 2.24) is 10.2 Å². The van der Waals surface area contributed by atoms with E-state index in [1.807, 2.05) is 42.2 Å². The normalized spacial score (nSPS) is 14.8. The summed E-state index contributed by atoms with van der Waals surface area (Å²) in [4.78, 5) is 26.3. The summed E-state index contributed by atoms with van der Waals surface area (Å²) in [6, 6.07) is 18.4. The van der Waals surface area contributed by atoms with Crippen molar-refractivity contribution < 1.29 is 9.59 Å². The fourth-order valence-electron chi connectivity index (χ4n) is 3.57. The van der Waals surface area contributed by atoms with Crippen molar-refractivity contribution >= 4 is 11.8 Å². The number of benzene rings is 2. The van der Waals surface area contributed by atoms with Crippen LogP contribution in [0.3, 0.4) is 0 Å². The number of piperidine rings is 1. The van der Waals surface area contributed by atoms with E-state index in [-0.39, 0.29) is 18.4 Å². The van der Waals surface area contributed by atoms with E-state index in [2.05, 4.69) is 29.6 Å². The van der Waals surface area contributed by atoms with Crippen LogP contribution in [0.2, 0.25) is 0 Å². The van der Waals surface area contributed by atoms with E-state index >= 15 is 0 Å². The maximum Gasteiger partial charge on any atom is 0.241 e. The third-order valence-electron chi connectivity index (χ3n) is 5.26. The molecular formula is C23H28N2O2. The zero-order valence-corrected chi connectivity index (χ0v) is 16.0. The number of carbonyl (C=O) groups is 2. The first-order chi connectivity index (χ1) is 13.1. The van der Waals surface area contributed by atoms with Crippen molar-refractivity contribution in [2.45, 2.75) is 32.6 Å². The quantitative estimate of drug-likeness (QED) is 0.856. The second-order valence-corrected chi connectivity index (χ2v) is 7.45. The molecule has 4 nitrogen and oxygen atoms in total. The Morgan fingerprint density at radius 1 is 0.963 bits per heavy atom. The van der Waals surface area contributed by atoms with Crippen LogP contribution in [0.15, 0.2) is 54.6 Å². The number of rotatable bonds is 6. The van der Waals surface area contributed by atoms with Gasteiger partial charge in [0.1, 0.15) is 0 Å². The molecule has 0 radical (unpaired) electrons. The number of likely N-dealkylation sites (tertiary alicyclic amines) is 1. The van der Waals surface area contributed by atoms with Gasteiger partial charge in [-0.25, -0.2) is 0 Å². The van der Waals surface area contributed by atoms with Crippen LogP contribution in [0.1, 0.15) is 29.5 Å². The lowest BCUT2D eigenvalue weighted by molar-refractivity contribution is -0.133. The Morgan fingerprint density at radius 2 is 1.63 bits per heavy atom. The van der Waals surface area contributed by atoms with E-state index in [9.17, 15) is 9.59 Å². The maximum atomic E-state index is 12.4. The number of carbonyl (C=O) groups excluding carboxylic acids is 2. The van der Waals surface area contributed by atoms with Gasteiger partial charge in [0.25, 0.3) is 0 Å². The van der Waals surface area contributed by atoms with Gasteiger partial charge in [-0.2, -0.15) is 0 Å². The second kappa shape index (κ2) is 9.36. The van der Waals surface area contributed by atoms with Gasteiger partial charge in [0.2, 0.25) is 11.8 Å². The number of aryl methyl sites for hydroxylation is 1. The van der Waals surface area contributed by atoms with E-state index in [0.717, 1.165) is 37.9 Å².